The number of hydrogen-bond donors (Lipinski definition) is 1. The fraction of sp³-hybridized carbons (Fsp3) is 0.846. The van der Waals surface area contributed by atoms with E-state index in [4.69, 9.17) is 9.16 Å². The van der Waals surface area contributed by atoms with E-state index in [9.17, 15) is 5.11 Å². The van der Waals surface area contributed by atoms with E-state index >= 15 is 0 Å². The van der Waals surface area contributed by atoms with Gasteiger partial charge in [0.25, 0.3) is 0 Å². The van der Waals surface area contributed by atoms with Gasteiger partial charge in [-0.3, -0.25) is 0 Å². The molecule has 0 spiro atoms. The van der Waals surface area contributed by atoms with Crippen LogP contribution in [0.3, 0.4) is 0 Å². The maximum atomic E-state index is 10.9. The van der Waals surface area contributed by atoms with Crippen LogP contribution in [0.5, 0.6) is 0 Å². The zero-order chi connectivity index (χ0) is 24.3. The summed E-state index contributed by atoms with van der Waals surface area (Å²) >= 11 is 4.87. The summed E-state index contributed by atoms with van der Waals surface area (Å²) in [5.41, 5.74) is 3.14. The minimum Gasteiger partial charge on any atom is -0.416 e. The molecule has 0 amide bonds. The fourth-order valence-electron chi connectivity index (χ4n) is 6.46. The van der Waals surface area contributed by atoms with Crippen molar-refractivity contribution in [3.63, 3.8) is 0 Å². The van der Waals surface area contributed by atoms with Crippen molar-refractivity contribution in [2.75, 3.05) is 11.0 Å². The van der Waals surface area contributed by atoms with Gasteiger partial charge in [-0.15, -0.1) is 0 Å². The van der Waals surface area contributed by atoms with Gasteiger partial charge in [-0.25, -0.2) is 0 Å². The lowest BCUT2D eigenvalue weighted by atomic mass is 9.72. The lowest BCUT2D eigenvalue weighted by molar-refractivity contribution is -0.00962. The number of aliphatic hydroxyl groups excluding tert-OH is 1. The SMILES string of the molecule is CC1=CC[C@@H]2C(C[C@@H](O)/C=C(/I)CCCO[Si](C(C)C)(C(C)C)C(C)C)[C@H]1O[C@@]2(C)CI. The van der Waals surface area contributed by atoms with Crippen molar-refractivity contribution in [3.05, 3.63) is 21.3 Å². The molecule has 2 rings (SSSR count). The largest absolute Gasteiger partial charge is 0.416 e. The second kappa shape index (κ2) is 12.3. The Morgan fingerprint density at radius 1 is 1.25 bits per heavy atom. The Labute approximate surface area is 226 Å². The van der Waals surface area contributed by atoms with Crippen LogP contribution >= 0.6 is 45.2 Å². The molecule has 1 aliphatic heterocycles. The van der Waals surface area contributed by atoms with E-state index in [0.29, 0.717) is 28.5 Å². The average molecular weight is 689 g/mol. The van der Waals surface area contributed by atoms with Gasteiger partial charge in [-0.05, 0) is 106 Å². The first-order valence-electron chi connectivity index (χ1n) is 12.5. The topological polar surface area (TPSA) is 38.7 Å². The predicted octanol–water partition coefficient (Wildman–Crippen LogP) is 8.20. The summed E-state index contributed by atoms with van der Waals surface area (Å²) in [5, 5.41) is 10.9. The Hall–Kier alpha value is 1.04. The highest BCUT2D eigenvalue weighted by Crippen LogP contribution is 2.51. The molecule has 0 aromatic heterocycles. The molecule has 1 heterocycles. The van der Waals surface area contributed by atoms with Gasteiger partial charge in [0, 0.05) is 11.0 Å². The smallest absolute Gasteiger partial charge is 0.200 e. The summed E-state index contributed by atoms with van der Waals surface area (Å²) in [6.07, 6.45) is 8.06. The van der Waals surface area contributed by atoms with E-state index in [2.05, 4.69) is 113 Å². The van der Waals surface area contributed by atoms with Gasteiger partial charge in [0.05, 0.1) is 17.8 Å². The standard InChI is InChI=1S/C26H46I2O3Si/c1-17(2)32(18(3)4,19(5)6)30-13-9-10-21(28)14-22(29)15-23-24-12-11-20(7)25(23)31-26(24,8)16-27/h11,14,17-19,22-25,29H,9-10,12-13,15-16H2,1-8H3/b21-14+/t22-,23?,24+,25-,26-/m0/s1. The molecular formula is C26H46I2O3Si. The van der Waals surface area contributed by atoms with E-state index in [0.717, 1.165) is 36.7 Å². The second-order valence-electron chi connectivity index (χ2n) is 11.1. The maximum Gasteiger partial charge on any atom is 0.200 e. The number of rotatable bonds is 12. The van der Waals surface area contributed by atoms with E-state index in [1.807, 2.05) is 0 Å². The highest BCUT2D eigenvalue weighted by molar-refractivity contribution is 14.1. The lowest BCUT2D eigenvalue weighted by Crippen LogP contribution is -2.47. The molecule has 1 aliphatic carbocycles. The van der Waals surface area contributed by atoms with Crippen LogP contribution in [0.15, 0.2) is 21.3 Å². The van der Waals surface area contributed by atoms with Crippen LogP contribution in [0.25, 0.3) is 0 Å². The Bertz CT molecular complexity index is 654. The van der Waals surface area contributed by atoms with Crippen LogP contribution in [0.2, 0.25) is 16.6 Å². The molecule has 32 heavy (non-hydrogen) atoms. The first-order valence-corrected chi connectivity index (χ1v) is 17.2. The van der Waals surface area contributed by atoms with Crippen molar-refractivity contribution in [2.45, 2.75) is 116 Å². The summed E-state index contributed by atoms with van der Waals surface area (Å²) in [5.74, 6) is 0.914. The van der Waals surface area contributed by atoms with Crippen LogP contribution < -0.4 is 0 Å². The van der Waals surface area contributed by atoms with Gasteiger partial charge in [0.1, 0.15) is 0 Å². The van der Waals surface area contributed by atoms with Gasteiger partial charge < -0.3 is 14.3 Å². The minimum absolute atomic E-state index is 0.0717. The molecule has 1 unspecified atom stereocenters. The molecule has 1 fully saturated rings. The van der Waals surface area contributed by atoms with Crippen LogP contribution in [-0.2, 0) is 9.16 Å². The fourth-order valence-corrected chi connectivity index (χ4v) is 13.5. The predicted molar refractivity (Wildman–Crippen MR) is 156 cm³/mol. The van der Waals surface area contributed by atoms with Crippen molar-refractivity contribution in [2.24, 2.45) is 11.8 Å². The number of hydrogen-bond acceptors (Lipinski definition) is 3. The van der Waals surface area contributed by atoms with Gasteiger partial charge >= 0.3 is 0 Å². The van der Waals surface area contributed by atoms with Crippen LogP contribution in [-0.4, -0.2) is 42.3 Å². The van der Waals surface area contributed by atoms with Crippen LogP contribution in [0, 0.1) is 11.8 Å². The van der Waals surface area contributed by atoms with E-state index in [1.165, 1.54) is 9.15 Å². The van der Waals surface area contributed by atoms with Gasteiger partial charge in [-0.1, -0.05) is 70.2 Å². The number of ether oxygens (including phenoxy) is 1. The van der Waals surface area contributed by atoms with Crippen molar-refractivity contribution < 1.29 is 14.3 Å². The number of aliphatic hydroxyl groups is 1. The van der Waals surface area contributed by atoms with Crippen molar-refractivity contribution >= 4 is 53.5 Å². The van der Waals surface area contributed by atoms with Crippen molar-refractivity contribution in [1.82, 2.24) is 0 Å². The first kappa shape index (κ1) is 29.3. The number of allylic oxidation sites excluding steroid dienone is 2. The van der Waals surface area contributed by atoms with Gasteiger partial charge in [0.2, 0.25) is 0 Å². The molecule has 1 N–H and O–H groups in total. The summed E-state index contributed by atoms with van der Waals surface area (Å²) in [7, 11) is -1.78. The summed E-state index contributed by atoms with van der Waals surface area (Å²) in [6, 6.07) is 0. The molecule has 0 aromatic carbocycles. The molecule has 0 saturated carbocycles. The maximum absolute atomic E-state index is 10.9. The molecule has 2 aliphatic rings. The third-order valence-electron chi connectivity index (χ3n) is 8.00. The molecule has 186 valence electrons. The first-order chi connectivity index (χ1) is 14.9. The molecule has 2 bridgehead atoms. The number of alkyl halides is 1. The molecule has 1 saturated heterocycles. The zero-order valence-corrected chi connectivity index (χ0v) is 26.8. The Morgan fingerprint density at radius 2 is 1.84 bits per heavy atom. The van der Waals surface area contributed by atoms with Crippen LogP contribution in [0.4, 0.5) is 0 Å². The number of fused-ring (bicyclic) bond motifs is 2. The highest BCUT2D eigenvalue weighted by Gasteiger charge is 2.53. The lowest BCUT2D eigenvalue weighted by Gasteiger charge is -2.42. The normalized spacial score (nSPS) is 29.9. The van der Waals surface area contributed by atoms with Gasteiger partial charge in [0.15, 0.2) is 8.32 Å². The zero-order valence-electron chi connectivity index (χ0n) is 21.5. The van der Waals surface area contributed by atoms with Gasteiger partial charge in [-0.2, -0.15) is 0 Å². The van der Waals surface area contributed by atoms with Crippen molar-refractivity contribution in [3.8, 4) is 0 Å². The van der Waals surface area contributed by atoms with E-state index in [1.54, 1.807) is 0 Å². The minimum atomic E-state index is -1.78. The Balaban J connectivity index is 1.90. The molecule has 0 radical (unpaired) electrons. The average Bonchev–Trinajstić information content (AvgIpc) is 2.88. The quantitative estimate of drug-likeness (QED) is 0.0739. The third-order valence-corrected chi connectivity index (χ3v) is 16.5. The number of halogens is 2. The molecule has 3 nitrogen and oxygen atoms in total. The van der Waals surface area contributed by atoms with Crippen LogP contribution in [0.1, 0.15) is 81.1 Å². The summed E-state index contributed by atoms with van der Waals surface area (Å²) in [6.45, 7) is 19.3. The van der Waals surface area contributed by atoms with E-state index in [-0.39, 0.29) is 11.7 Å². The molecular weight excluding hydrogens is 642 g/mol. The molecule has 6 heteroatoms. The van der Waals surface area contributed by atoms with E-state index < -0.39 is 14.4 Å². The third kappa shape index (κ3) is 6.42. The second-order valence-corrected chi connectivity index (χ2v) is 18.7. The summed E-state index contributed by atoms with van der Waals surface area (Å²) < 4.78 is 15.4. The molecule has 0 aromatic rings. The Kier molecular flexibility index (Phi) is 11.3. The van der Waals surface area contributed by atoms with Crippen molar-refractivity contribution in [1.29, 1.82) is 0 Å². The highest BCUT2D eigenvalue weighted by atomic mass is 127. The monoisotopic (exact) mass is 688 g/mol. The Morgan fingerprint density at radius 3 is 2.38 bits per heavy atom. The summed E-state index contributed by atoms with van der Waals surface area (Å²) in [4.78, 5) is 0. The molecule has 5 atom stereocenters.